The van der Waals surface area contributed by atoms with Gasteiger partial charge in [0.1, 0.15) is 0 Å². The van der Waals surface area contributed by atoms with Crippen LogP contribution in [0.5, 0.6) is 0 Å². The van der Waals surface area contributed by atoms with Crippen molar-refractivity contribution in [1.29, 1.82) is 0 Å². The summed E-state index contributed by atoms with van der Waals surface area (Å²) in [5.41, 5.74) is 5.30. The molecular weight excluding hydrogens is 497 g/mol. The Hall–Kier alpha value is -2.06. The first kappa shape index (κ1) is 23.6. The maximum Gasteiger partial charge on any atom is 0.191 e. The second kappa shape index (κ2) is 11.5. The summed E-state index contributed by atoms with van der Waals surface area (Å²) in [7, 11) is 1.86. The number of piperidine rings is 1. The molecule has 0 amide bonds. The van der Waals surface area contributed by atoms with Gasteiger partial charge in [-0.1, -0.05) is 42.5 Å². The van der Waals surface area contributed by atoms with E-state index in [2.05, 4.69) is 87.2 Å². The third kappa shape index (κ3) is 6.23. The van der Waals surface area contributed by atoms with Gasteiger partial charge in [-0.15, -0.1) is 24.0 Å². The van der Waals surface area contributed by atoms with Crippen molar-refractivity contribution >= 4 is 40.8 Å². The van der Waals surface area contributed by atoms with Crippen LogP contribution >= 0.6 is 24.0 Å². The van der Waals surface area contributed by atoms with Crippen molar-refractivity contribution < 1.29 is 0 Å². The molecule has 0 saturated carbocycles. The van der Waals surface area contributed by atoms with E-state index in [1.807, 2.05) is 7.05 Å². The molecule has 1 aliphatic rings. The Morgan fingerprint density at radius 2 is 1.87 bits per heavy atom. The lowest BCUT2D eigenvalue weighted by atomic mass is 10.0. The van der Waals surface area contributed by atoms with Crippen LogP contribution in [-0.2, 0) is 13.0 Å². The summed E-state index contributed by atoms with van der Waals surface area (Å²) < 4.78 is 0. The van der Waals surface area contributed by atoms with E-state index in [0.717, 1.165) is 51.4 Å². The van der Waals surface area contributed by atoms with Gasteiger partial charge in [0.15, 0.2) is 5.96 Å². The molecule has 0 aliphatic carbocycles. The molecule has 0 bridgehead atoms. The number of hydrogen-bond donors (Lipinski definition) is 3. The average molecular weight is 531 g/mol. The van der Waals surface area contributed by atoms with Gasteiger partial charge in [-0.3, -0.25) is 9.89 Å². The van der Waals surface area contributed by atoms with Gasteiger partial charge in [-0.25, -0.2) is 0 Å². The van der Waals surface area contributed by atoms with Gasteiger partial charge in [0.05, 0.1) is 0 Å². The molecule has 2 aromatic carbocycles. The number of hydrogen-bond acceptors (Lipinski definition) is 2. The molecule has 0 radical (unpaired) electrons. The SMILES string of the molecule is CN=C(NCCc1c[nH]c2cccc(C)c12)NC1CCN(Cc2ccccc2)CC1.I. The molecule has 1 fully saturated rings. The number of aromatic nitrogens is 1. The minimum absolute atomic E-state index is 0. The van der Waals surface area contributed by atoms with E-state index >= 15 is 0 Å². The molecule has 3 aromatic rings. The number of H-pyrrole nitrogens is 1. The lowest BCUT2D eigenvalue weighted by molar-refractivity contribution is 0.198. The number of likely N-dealkylation sites (tertiary alicyclic amines) is 1. The summed E-state index contributed by atoms with van der Waals surface area (Å²) in [6, 6.07) is 17.7. The predicted molar refractivity (Wildman–Crippen MR) is 141 cm³/mol. The van der Waals surface area contributed by atoms with Gasteiger partial charge < -0.3 is 15.6 Å². The van der Waals surface area contributed by atoms with E-state index in [1.165, 1.54) is 27.6 Å². The quantitative estimate of drug-likeness (QED) is 0.250. The molecule has 166 valence electrons. The van der Waals surface area contributed by atoms with E-state index < -0.39 is 0 Å². The van der Waals surface area contributed by atoms with Gasteiger partial charge in [0.25, 0.3) is 0 Å². The largest absolute Gasteiger partial charge is 0.361 e. The predicted octanol–water partition coefficient (Wildman–Crippen LogP) is 4.47. The number of aryl methyl sites for hydroxylation is 1. The number of nitrogens with one attached hydrogen (secondary N) is 3. The highest BCUT2D eigenvalue weighted by molar-refractivity contribution is 14.0. The normalized spacial score (nSPS) is 15.6. The Bertz CT molecular complexity index is 974. The lowest BCUT2D eigenvalue weighted by Crippen LogP contribution is -2.48. The average Bonchev–Trinajstić information content (AvgIpc) is 3.19. The Morgan fingerprint density at radius 3 is 2.61 bits per heavy atom. The molecular formula is C25H34IN5. The molecule has 6 heteroatoms. The smallest absolute Gasteiger partial charge is 0.191 e. The summed E-state index contributed by atoms with van der Waals surface area (Å²) in [6.07, 6.45) is 5.41. The summed E-state index contributed by atoms with van der Waals surface area (Å²) >= 11 is 0. The van der Waals surface area contributed by atoms with Crippen molar-refractivity contribution in [3.05, 3.63) is 71.4 Å². The van der Waals surface area contributed by atoms with Crippen LogP contribution in [-0.4, -0.2) is 48.6 Å². The van der Waals surface area contributed by atoms with Crippen molar-refractivity contribution in [1.82, 2.24) is 20.5 Å². The zero-order valence-corrected chi connectivity index (χ0v) is 20.9. The van der Waals surface area contributed by atoms with Crippen molar-refractivity contribution in [2.45, 2.75) is 38.8 Å². The first-order valence-electron chi connectivity index (χ1n) is 11.0. The number of nitrogens with zero attached hydrogens (tertiary/aromatic N) is 2. The summed E-state index contributed by atoms with van der Waals surface area (Å²) in [6.45, 7) is 6.34. The van der Waals surface area contributed by atoms with Crippen LogP contribution in [0.2, 0.25) is 0 Å². The van der Waals surface area contributed by atoms with Crippen LogP contribution in [0.4, 0.5) is 0 Å². The molecule has 4 rings (SSSR count). The maximum atomic E-state index is 4.44. The zero-order valence-electron chi connectivity index (χ0n) is 18.5. The standard InChI is InChI=1S/C25H33N5.HI/c1-19-7-6-10-23-24(19)21(17-28-23)11-14-27-25(26-2)29-22-12-15-30(16-13-22)18-20-8-4-3-5-9-20;/h3-10,17,22,28H,11-16,18H2,1-2H3,(H2,26,27,29);1H. The number of rotatable bonds is 6. The number of fused-ring (bicyclic) bond motifs is 1. The van der Waals surface area contributed by atoms with E-state index in [9.17, 15) is 0 Å². The van der Waals surface area contributed by atoms with E-state index in [-0.39, 0.29) is 24.0 Å². The van der Waals surface area contributed by atoms with Crippen LogP contribution in [0.3, 0.4) is 0 Å². The first-order valence-corrected chi connectivity index (χ1v) is 11.0. The molecule has 5 nitrogen and oxygen atoms in total. The second-order valence-electron chi connectivity index (χ2n) is 8.24. The summed E-state index contributed by atoms with van der Waals surface area (Å²) in [5, 5.41) is 8.48. The second-order valence-corrected chi connectivity index (χ2v) is 8.24. The van der Waals surface area contributed by atoms with Crippen LogP contribution in [0.1, 0.15) is 29.5 Å². The minimum Gasteiger partial charge on any atom is -0.361 e. The van der Waals surface area contributed by atoms with Crippen molar-refractivity contribution in [2.24, 2.45) is 4.99 Å². The van der Waals surface area contributed by atoms with Gasteiger partial charge in [-0.05, 0) is 48.9 Å². The monoisotopic (exact) mass is 531 g/mol. The van der Waals surface area contributed by atoms with Gasteiger partial charge in [0, 0.05) is 56.4 Å². The highest BCUT2D eigenvalue weighted by Gasteiger charge is 2.20. The van der Waals surface area contributed by atoms with E-state index in [1.54, 1.807) is 0 Å². The number of halogens is 1. The Kier molecular flexibility index (Phi) is 8.78. The van der Waals surface area contributed by atoms with Gasteiger partial charge in [0.2, 0.25) is 0 Å². The molecule has 0 atom stereocenters. The fraction of sp³-hybridized carbons (Fsp3) is 0.400. The number of guanidine groups is 1. The third-order valence-corrected chi connectivity index (χ3v) is 6.08. The van der Waals surface area contributed by atoms with E-state index in [4.69, 9.17) is 0 Å². The van der Waals surface area contributed by atoms with Crippen LogP contribution in [0, 0.1) is 6.92 Å². The van der Waals surface area contributed by atoms with Crippen LogP contribution in [0.15, 0.2) is 59.7 Å². The maximum absolute atomic E-state index is 4.44. The highest BCUT2D eigenvalue weighted by Crippen LogP contribution is 2.22. The van der Waals surface area contributed by atoms with Crippen molar-refractivity contribution in [3.63, 3.8) is 0 Å². The molecule has 0 spiro atoms. The fourth-order valence-corrected chi connectivity index (χ4v) is 4.43. The molecule has 2 heterocycles. The first-order chi connectivity index (χ1) is 14.7. The molecule has 1 aliphatic heterocycles. The van der Waals surface area contributed by atoms with Crippen LogP contribution < -0.4 is 10.6 Å². The lowest BCUT2D eigenvalue weighted by Gasteiger charge is -2.33. The minimum atomic E-state index is 0. The topological polar surface area (TPSA) is 55.5 Å². The van der Waals surface area contributed by atoms with Crippen LogP contribution in [0.25, 0.3) is 10.9 Å². The Balaban J connectivity index is 0.00000272. The molecule has 0 unspecified atom stereocenters. The zero-order chi connectivity index (χ0) is 20.8. The summed E-state index contributed by atoms with van der Waals surface area (Å²) in [5.74, 6) is 0.910. The molecule has 3 N–H and O–H groups in total. The Labute approximate surface area is 202 Å². The number of benzene rings is 2. The summed E-state index contributed by atoms with van der Waals surface area (Å²) in [4.78, 5) is 10.4. The number of aromatic amines is 1. The van der Waals surface area contributed by atoms with Crippen molar-refractivity contribution in [3.8, 4) is 0 Å². The molecule has 31 heavy (non-hydrogen) atoms. The van der Waals surface area contributed by atoms with Gasteiger partial charge in [-0.2, -0.15) is 0 Å². The highest BCUT2D eigenvalue weighted by atomic mass is 127. The Morgan fingerprint density at radius 1 is 1.10 bits per heavy atom. The van der Waals surface area contributed by atoms with E-state index in [0.29, 0.717) is 6.04 Å². The molecule has 1 saturated heterocycles. The van der Waals surface area contributed by atoms with Gasteiger partial charge >= 0.3 is 0 Å². The van der Waals surface area contributed by atoms with Crippen molar-refractivity contribution in [2.75, 3.05) is 26.7 Å². The third-order valence-electron chi connectivity index (χ3n) is 6.08. The molecule has 1 aromatic heterocycles. The fourth-order valence-electron chi connectivity index (χ4n) is 4.43. The number of aliphatic imine (C=N–C) groups is 1.